The van der Waals surface area contributed by atoms with Crippen molar-refractivity contribution in [3.63, 3.8) is 0 Å². The van der Waals surface area contributed by atoms with Crippen molar-refractivity contribution < 1.29 is 14.3 Å². The van der Waals surface area contributed by atoms with Crippen LogP contribution in [0, 0.1) is 0 Å². The highest BCUT2D eigenvalue weighted by Crippen LogP contribution is 2.34. The second-order valence-corrected chi connectivity index (χ2v) is 9.32. The predicted molar refractivity (Wildman–Crippen MR) is 130 cm³/mol. The molecule has 1 atom stereocenters. The van der Waals surface area contributed by atoms with E-state index in [0.29, 0.717) is 24.4 Å². The van der Waals surface area contributed by atoms with E-state index in [1.165, 1.54) is 5.56 Å². The fraction of sp³-hybridized carbons (Fsp3) is 0.333. The van der Waals surface area contributed by atoms with Crippen LogP contribution in [0.3, 0.4) is 0 Å². The van der Waals surface area contributed by atoms with Gasteiger partial charge in [-0.3, -0.25) is 0 Å². The number of rotatable bonds is 4. The maximum absolute atomic E-state index is 13.3. The third-order valence-corrected chi connectivity index (χ3v) is 6.04. The van der Waals surface area contributed by atoms with Crippen LogP contribution >= 0.6 is 0 Å². The number of ether oxygens (including phenoxy) is 1. The van der Waals surface area contributed by atoms with E-state index in [1.807, 2.05) is 11.0 Å². The first-order valence-corrected chi connectivity index (χ1v) is 11.4. The van der Waals surface area contributed by atoms with Crippen LogP contribution in [0.15, 0.2) is 66.9 Å². The van der Waals surface area contributed by atoms with Gasteiger partial charge in [-0.2, -0.15) is 0 Å². The molecule has 2 aromatic carbocycles. The molecule has 3 aromatic rings. The lowest BCUT2D eigenvalue weighted by atomic mass is 9.86. The third kappa shape index (κ3) is 4.80. The van der Waals surface area contributed by atoms with Gasteiger partial charge >= 0.3 is 12.0 Å². The summed E-state index contributed by atoms with van der Waals surface area (Å²) >= 11 is 0. The van der Waals surface area contributed by atoms with Crippen molar-refractivity contribution in [2.75, 3.05) is 18.5 Å². The normalized spacial score (nSPS) is 15.6. The van der Waals surface area contributed by atoms with E-state index in [0.717, 1.165) is 17.8 Å². The Labute approximate surface area is 195 Å². The molecule has 0 spiro atoms. The van der Waals surface area contributed by atoms with Gasteiger partial charge < -0.3 is 19.5 Å². The highest BCUT2D eigenvalue weighted by atomic mass is 16.5. The molecule has 172 valence electrons. The van der Waals surface area contributed by atoms with Gasteiger partial charge in [0.15, 0.2) is 0 Å². The molecule has 2 heterocycles. The number of hydrogen-bond donors (Lipinski definition) is 1. The number of esters is 1. The molecule has 1 aliphatic heterocycles. The maximum Gasteiger partial charge on any atom is 0.338 e. The van der Waals surface area contributed by atoms with Crippen LogP contribution in [0.4, 0.5) is 10.5 Å². The van der Waals surface area contributed by atoms with Crippen LogP contribution in [0.5, 0.6) is 0 Å². The van der Waals surface area contributed by atoms with Crippen LogP contribution < -0.4 is 5.32 Å². The molecule has 1 N–H and O–H groups in total. The molecule has 1 aliphatic rings. The molecule has 4 rings (SSSR count). The highest BCUT2D eigenvalue weighted by Gasteiger charge is 2.32. The summed E-state index contributed by atoms with van der Waals surface area (Å²) in [6, 6.07) is 19.1. The van der Waals surface area contributed by atoms with E-state index in [9.17, 15) is 9.59 Å². The van der Waals surface area contributed by atoms with Gasteiger partial charge in [-0.1, -0.05) is 45.0 Å². The van der Waals surface area contributed by atoms with Crippen molar-refractivity contribution in [3.05, 3.63) is 89.2 Å². The van der Waals surface area contributed by atoms with Gasteiger partial charge in [0.05, 0.1) is 18.2 Å². The number of urea groups is 1. The number of nitrogens with zero attached hydrogens (tertiary/aromatic N) is 2. The summed E-state index contributed by atoms with van der Waals surface area (Å²) < 4.78 is 7.23. The molecule has 6 nitrogen and oxygen atoms in total. The summed E-state index contributed by atoms with van der Waals surface area (Å²) in [5.41, 5.74) is 4.60. The van der Waals surface area contributed by atoms with Crippen molar-refractivity contribution in [2.45, 2.75) is 45.7 Å². The lowest BCUT2D eigenvalue weighted by Gasteiger charge is -2.37. The van der Waals surface area contributed by atoms with Gasteiger partial charge in [-0.25, -0.2) is 9.59 Å². The van der Waals surface area contributed by atoms with Crippen molar-refractivity contribution in [2.24, 2.45) is 0 Å². The van der Waals surface area contributed by atoms with Crippen LogP contribution in [0.2, 0.25) is 0 Å². The summed E-state index contributed by atoms with van der Waals surface area (Å²) in [6.45, 7) is 10.0. The average molecular weight is 446 g/mol. The van der Waals surface area contributed by atoms with Crippen LogP contribution in [-0.4, -0.2) is 34.6 Å². The first-order valence-electron chi connectivity index (χ1n) is 11.4. The molecule has 0 aliphatic carbocycles. The number of hydrogen-bond acceptors (Lipinski definition) is 3. The topological polar surface area (TPSA) is 63.6 Å². The van der Waals surface area contributed by atoms with Gasteiger partial charge in [0.1, 0.15) is 0 Å². The molecule has 1 aromatic heterocycles. The highest BCUT2D eigenvalue weighted by molar-refractivity contribution is 5.92. The zero-order valence-corrected chi connectivity index (χ0v) is 19.7. The monoisotopic (exact) mass is 445 g/mol. The summed E-state index contributed by atoms with van der Waals surface area (Å²) in [7, 11) is 0. The smallest absolute Gasteiger partial charge is 0.338 e. The molecule has 2 amide bonds. The van der Waals surface area contributed by atoms with Crippen LogP contribution in [0.25, 0.3) is 0 Å². The van der Waals surface area contributed by atoms with Crippen LogP contribution in [-0.2, 0) is 16.7 Å². The fourth-order valence-corrected chi connectivity index (χ4v) is 4.22. The lowest BCUT2D eigenvalue weighted by molar-refractivity contribution is 0.0526. The van der Waals surface area contributed by atoms with Gasteiger partial charge in [0, 0.05) is 30.7 Å². The Bertz CT molecular complexity index is 1120. The van der Waals surface area contributed by atoms with E-state index in [1.54, 1.807) is 31.2 Å². The Balaban J connectivity index is 1.58. The number of aromatic nitrogens is 1. The molecule has 0 bridgehead atoms. The maximum atomic E-state index is 13.3. The Morgan fingerprint density at radius 1 is 1.00 bits per heavy atom. The minimum atomic E-state index is -0.370. The van der Waals surface area contributed by atoms with Gasteiger partial charge in [0.2, 0.25) is 0 Å². The second kappa shape index (κ2) is 9.14. The van der Waals surface area contributed by atoms with E-state index in [4.69, 9.17) is 4.74 Å². The van der Waals surface area contributed by atoms with Crippen molar-refractivity contribution in [1.82, 2.24) is 9.47 Å². The lowest BCUT2D eigenvalue weighted by Crippen LogP contribution is -2.44. The van der Waals surface area contributed by atoms with Crippen molar-refractivity contribution >= 4 is 17.7 Å². The Hall–Kier alpha value is -3.54. The average Bonchev–Trinajstić information content (AvgIpc) is 3.27. The minimum Gasteiger partial charge on any atom is -0.462 e. The number of nitrogens with one attached hydrogen (secondary N) is 1. The molecular formula is C27H31N3O3. The molecule has 0 fully saturated rings. The number of amides is 2. The number of fused-ring (bicyclic) bond motifs is 1. The molecule has 0 saturated heterocycles. The Morgan fingerprint density at radius 3 is 2.33 bits per heavy atom. The molecule has 0 saturated carbocycles. The summed E-state index contributed by atoms with van der Waals surface area (Å²) in [5, 5.41) is 2.99. The summed E-state index contributed by atoms with van der Waals surface area (Å²) in [5.74, 6) is -0.370. The second-order valence-electron chi connectivity index (χ2n) is 9.32. The van der Waals surface area contributed by atoms with Crippen LogP contribution in [0.1, 0.15) is 60.9 Å². The zero-order valence-electron chi connectivity index (χ0n) is 19.7. The van der Waals surface area contributed by atoms with E-state index >= 15 is 0 Å². The first kappa shape index (κ1) is 22.6. The predicted octanol–water partition coefficient (Wildman–Crippen LogP) is 5.60. The number of benzene rings is 2. The van der Waals surface area contributed by atoms with Crippen molar-refractivity contribution in [3.8, 4) is 0 Å². The Morgan fingerprint density at radius 2 is 1.70 bits per heavy atom. The van der Waals surface area contributed by atoms with E-state index in [2.05, 4.69) is 67.2 Å². The summed E-state index contributed by atoms with van der Waals surface area (Å²) in [6.07, 6.45) is 2.06. The third-order valence-electron chi connectivity index (χ3n) is 6.04. The van der Waals surface area contributed by atoms with Gasteiger partial charge in [-0.05, 0) is 59.9 Å². The first-order chi connectivity index (χ1) is 15.8. The fourth-order valence-electron chi connectivity index (χ4n) is 4.22. The van der Waals surface area contributed by atoms with Crippen molar-refractivity contribution in [1.29, 1.82) is 0 Å². The molecular weight excluding hydrogens is 414 g/mol. The standard InChI is InChI=1S/C27H31N3O3/c1-5-33-25(31)20-10-14-22(15-11-20)28-26(32)30-18-17-29-16-6-7-23(29)24(30)19-8-12-21(13-9-19)27(2,3)4/h6-16,24H,5,17-18H2,1-4H3,(H,28,32). The molecule has 1 unspecified atom stereocenters. The number of anilines is 1. The zero-order chi connectivity index (χ0) is 23.6. The quantitative estimate of drug-likeness (QED) is 0.532. The van der Waals surface area contributed by atoms with E-state index in [-0.39, 0.29) is 23.5 Å². The van der Waals surface area contributed by atoms with Gasteiger partial charge in [0.25, 0.3) is 0 Å². The number of carbonyl (C=O) groups excluding carboxylic acids is 2. The SMILES string of the molecule is CCOC(=O)c1ccc(NC(=O)N2CCn3cccc3C2c2ccc(C(C)(C)C)cc2)cc1. The largest absolute Gasteiger partial charge is 0.462 e. The number of carbonyl (C=O) groups is 2. The van der Waals surface area contributed by atoms with Gasteiger partial charge in [-0.15, -0.1) is 0 Å². The van der Waals surface area contributed by atoms with E-state index < -0.39 is 0 Å². The minimum absolute atomic E-state index is 0.0675. The molecule has 0 radical (unpaired) electrons. The summed E-state index contributed by atoms with van der Waals surface area (Å²) in [4.78, 5) is 27.1. The Kier molecular flexibility index (Phi) is 6.27. The molecule has 33 heavy (non-hydrogen) atoms. The molecule has 6 heteroatoms.